The van der Waals surface area contributed by atoms with Crippen molar-refractivity contribution in [2.45, 2.75) is 39.5 Å². The fourth-order valence-corrected chi connectivity index (χ4v) is 3.57. The van der Waals surface area contributed by atoms with Gasteiger partial charge in [0.25, 0.3) is 5.91 Å². The number of rotatable bonds is 5. The Labute approximate surface area is 166 Å². The lowest BCUT2D eigenvalue weighted by atomic mass is 9.96. The molecule has 0 saturated carbocycles. The molecular weight excluding hydrogens is 354 g/mol. The minimum Gasteiger partial charge on any atom is -0.350 e. The second kappa shape index (κ2) is 8.31. The van der Waals surface area contributed by atoms with Gasteiger partial charge in [0.2, 0.25) is 5.91 Å². The molecule has 7 heteroatoms. The van der Waals surface area contributed by atoms with E-state index in [1.165, 1.54) is 0 Å². The molecule has 2 amide bonds. The van der Waals surface area contributed by atoms with Crippen molar-refractivity contribution in [3.05, 3.63) is 35.9 Å². The van der Waals surface area contributed by atoms with Crippen LogP contribution in [0, 0.1) is 0 Å². The zero-order valence-electron chi connectivity index (χ0n) is 17.4. The van der Waals surface area contributed by atoms with Crippen molar-refractivity contribution >= 4 is 17.3 Å². The fraction of sp³-hybridized carbons (Fsp3) is 0.571. The lowest BCUT2D eigenvalue weighted by molar-refractivity contribution is -0.132. The Morgan fingerprint density at radius 3 is 2.50 bits per heavy atom. The van der Waals surface area contributed by atoms with Crippen LogP contribution in [0.5, 0.6) is 0 Å². The minimum atomic E-state index is -0.234. The number of imidazole rings is 1. The van der Waals surface area contributed by atoms with Crippen LogP contribution in [0.15, 0.2) is 24.4 Å². The number of carbonyl (C=O) groups excluding carboxylic acids is 2. The summed E-state index contributed by atoms with van der Waals surface area (Å²) in [6.45, 7) is 13.1. The lowest BCUT2D eigenvalue weighted by Crippen LogP contribution is -2.49. The highest BCUT2D eigenvalue weighted by atomic mass is 16.2. The number of likely N-dealkylation sites (N-methyl/N-ethyl adjacent to an activating group) is 1. The Bertz CT molecular complexity index is 844. The molecule has 28 heavy (non-hydrogen) atoms. The maximum absolute atomic E-state index is 12.7. The highest BCUT2D eigenvalue weighted by molar-refractivity contribution is 5.99. The molecule has 7 nitrogen and oxygen atoms in total. The predicted molar refractivity (Wildman–Crippen MR) is 110 cm³/mol. The number of carbonyl (C=O) groups is 2. The summed E-state index contributed by atoms with van der Waals surface area (Å²) in [6.07, 6.45) is 2.24. The normalized spacial score (nSPS) is 15.8. The van der Waals surface area contributed by atoms with E-state index in [4.69, 9.17) is 0 Å². The molecule has 0 bridgehead atoms. The highest BCUT2D eigenvalue weighted by Crippen LogP contribution is 2.24. The Morgan fingerprint density at radius 1 is 1.14 bits per heavy atom. The predicted octanol–water partition coefficient (Wildman–Crippen LogP) is 1.92. The average Bonchev–Trinajstić information content (AvgIpc) is 3.08. The first-order valence-electron chi connectivity index (χ1n) is 10.1. The van der Waals surface area contributed by atoms with E-state index in [1.807, 2.05) is 33.7 Å². The number of nitrogens with one attached hydrogen (secondary N) is 1. The van der Waals surface area contributed by atoms with Crippen LogP contribution in [0.1, 0.15) is 50.4 Å². The molecule has 2 aromatic heterocycles. The first kappa shape index (κ1) is 20.3. The molecule has 0 aromatic carbocycles. The number of hydrogen-bond donors (Lipinski definition) is 1. The summed E-state index contributed by atoms with van der Waals surface area (Å²) in [7, 11) is 0. The number of pyridine rings is 1. The first-order valence-corrected chi connectivity index (χ1v) is 10.1. The van der Waals surface area contributed by atoms with E-state index in [0.717, 1.165) is 44.1 Å². The van der Waals surface area contributed by atoms with Gasteiger partial charge in [-0.05, 0) is 18.7 Å². The second-order valence-corrected chi connectivity index (χ2v) is 8.31. The summed E-state index contributed by atoms with van der Waals surface area (Å²) in [5.74, 6) is 0.710. The van der Waals surface area contributed by atoms with Gasteiger partial charge in [0.15, 0.2) is 5.69 Å². The van der Waals surface area contributed by atoms with E-state index in [1.54, 1.807) is 0 Å². The molecule has 3 rings (SSSR count). The average molecular weight is 386 g/mol. The van der Waals surface area contributed by atoms with Gasteiger partial charge in [-0.25, -0.2) is 4.98 Å². The van der Waals surface area contributed by atoms with E-state index in [0.29, 0.717) is 18.7 Å². The van der Waals surface area contributed by atoms with Crippen molar-refractivity contribution < 1.29 is 9.59 Å². The smallest absolute Gasteiger partial charge is 0.272 e. The largest absolute Gasteiger partial charge is 0.350 e. The summed E-state index contributed by atoms with van der Waals surface area (Å²) in [5, 5.41) is 2.87. The third-order valence-corrected chi connectivity index (χ3v) is 5.23. The molecule has 0 unspecified atom stereocenters. The van der Waals surface area contributed by atoms with Gasteiger partial charge in [-0.2, -0.15) is 0 Å². The molecule has 0 spiro atoms. The van der Waals surface area contributed by atoms with Crippen molar-refractivity contribution in [3.8, 4) is 0 Å². The number of piperazine rings is 1. The van der Waals surface area contributed by atoms with Crippen LogP contribution in [0.25, 0.3) is 5.52 Å². The van der Waals surface area contributed by atoms with Gasteiger partial charge in [-0.1, -0.05) is 33.8 Å². The third-order valence-electron chi connectivity index (χ3n) is 5.23. The lowest BCUT2D eigenvalue weighted by Gasteiger charge is -2.34. The molecule has 1 aliphatic heterocycles. The molecule has 0 radical (unpaired) electrons. The van der Waals surface area contributed by atoms with Crippen LogP contribution >= 0.6 is 0 Å². The molecular formula is C21H31N5O2. The summed E-state index contributed by atoms with van der Waals surface area (Å²) in [4.78, 5) is 34.0. The second-order valence-electron chi connectivity index (χ2n) is 8.31. The van der Waals surface area contributed by atoms with E-state index in [-0.39, 0.29) is 17.2 Å². The fourth-order valence-electron chi connectivity index (χ4n) is 3.57. The van der Waals surface area contributed by atoms with Crippen LogP contribution < -0.4 is 5.32 Å². The zero-order valence-corrected chi connectivity index (χ0v) is 17.4. The molecule has 1 aliphatic rings. The molecule has 1 fully saturated rings. The van der Waals surface area contributed by atoms with Gasteiger partial charge >= 0.3 is 0 Å². The van der Waals surface area contributed by atoms with Crippen molar-refractivity contribution in [3.63, 3.8) is 0 Å². The Balaban J connectivity index is 1.61. The summed E-state index contributed by atoms with van der Waals surface area (Å²) in [5.41, 5.74) is 1.01. The van der Waals surface area contributed by atoms with E-state index >= 15 is 0 Å². The van der Waals surface area contributed by atoms with Gasteiger partial charge < -0.3 is 19.5 Å². The Hall–Kier alpha value is -2.41. The van der Waals surface area contributed by atoms with E-state index < -0.39 is 0 Å². The molecule has 2 aromatic rings. The zero-order chi connectivity index (χ0) is 20.3. The summed E-state index contributed by atoms with van der Waals surface area (Å²) >= 11 is 0. The van der Waals surface area contributed by atoms with Crippen molar-refractivity contribution in [2.75, 3.05) is 39.3 Å². The number of nitrogens with zero attached hydrogens (tertiary/aromatic N) is 4. The highest BCUT2D eigenvalue weighted by Gasteiger charge is 2.25. The van der Waals surface area contributed by atoms with Gasteiger partial charge in [-0.3, -0.25) is 9.59 Å². The van der Waals surface area contributed by atoms with Crippen LogP contribution in [0.3, 0.4) is 0 Å². The Kier molecular flexibility index (Phi) is 6.03. The number of amides is 2. The SMILES string of the molecule is CCN1CCN(C(=O)CCNC(=O)c2nc(C(C)(C)C)n3ccccc23)CC1. The van der Waals surface area contributed by atoms with Gasteiger partial charge in [0, 0.05) is 50.8 Å². The van der Waals surface area contributed by atoms with Gasteiger partial charge in [0.05, 0.1) is 5.52 Å². The molecule has 1 N–H and O–H groups in total. The topological polar surface area (TPSA) is 69.9 Å². The van der Waals surface area contributed by atoms with Crippen molar-refractivity contribution in [2.24, 2.45) is 0 Å². The quantitative estimate of drug-likeness (QED) is 0.854. The molecule has 152 valence electrons. The number of hydrogen-bond acceptors (Lipinski definition) is 4. The molecule has 0 aliphatic carbocycles. The molecule has 0 atom stereocenters. The minimum absolute atomic E-state index is 0.0983. The van der Waals surface area contributed by atoms with Crippen molar-refractivity contribution in [1.29, 1.82) is 0 Å². The molecule has 1 saturated heterocycles. The van der Waals surface area contributed by atoms with Crippen LogP contribution in [-0.2, 0) is 10.2 Å². The van der Waals surface area contributed by atoms with Crippen LogP contribution in [-0.4, -0.2) is 70.3 Å². The van der Waals surface area contributed by atoms with Gasteiger partial charge in [-0.15, -0.1) is 0 Å². The van der Waals surface area contributed by atoms with Crippen LogP contribution in [0.4, 0.5) is 0 Å². The maximum Gasteiger partial charge on any atom is 0.272 e. The standard InChI is InChI=1S/C21H31N5O2/c1-5-24-12-14-25(15-13-24)17(27)9-10-22-19(28)18-16-8-6-7-11-26(16)20(23-18)21(2,3)4/h6-8,11H,5,9-10,12-15H2,1-4H3,(H,22,28). The monoisotopic (exact) mass is 385 g/mol. The van der Waals surface area contributed by atoms with E-state index in [9.17, 15) is 9.59 Å². The van der Waals surface area contributed by atoms with Crippen LogP contribution in [0.2, 0.25) is 0 Å². The molecule has 3 heterocycles. The summed E-state index contributed by atoms with van der Waals surface area (Å²) < 4.78 is 1.97. The van der Waals surface area contributed by atoms with E-state index in [2.05, 4.69) is 42.9 Å². The number of fused-ring (bicyclic) bond motifs is 1. The summed E-state index contributed by atoms with van der Waals surface area (Å²) in [6, 6.07) is 5.73. The van der Waals surface area contributed by atoms with Crippen molar-refractivity contribution in [1.82, 2.24) is 24.5 Å². The number of aromatic nitrogens is 2. The Morgan fingerprint density at radius 2 is 1.86 bits per heavy atom. The maximum atomic E-state index is 12.7. The first-order chi connectivity index (χ1) is 13.3. The third kappa shape index (κ3) is 4.35. The van der Waals surface area contributed by atoms with Gasteiger partial charge in [0.1, 0.15) is 5.82 Å².